The molecule has 6 atom stereocenters. The number of amides is 3. The number of fused-ring (bicyclic) bond motifs is 2. The Hall–Kier alpha value is -2.27. The second-order valence-corrected chi connectivity index (χ2v) is 12.1. The van der Waals surface area contributed by atoms with Crippen LogP contribution in [0.4, 0.5) is 0 Å². The number of likely N-dealkylation sites (tertiary alicyclic amines) is 1. The van der Waals surface area contributed by atoms with Crippen LogP contribution in [0.3, 0.4) is 0 Å². The van der Waals surface area contributed by atoms with Gasteiger partial charge in [-0.2, -0.15) is 0 Å². The second-order valence-electron chi connectivity index (χ2n) is 12.1. The Labute approximate surface area is 231 Å². The van der Waals surface area contributed by atoms with E-state index in [2.05, 4.69) is 4.90 Å². The molecule has 5 rings (SSSR count). The van der Waals surface area contributed by atoms with E-state index < -0.39 is 35.1 Å². The van der Waals surface area contributed by atoms with Gasteiger partial charge in [0, 0.05) is 45.8 Å². The number of aliphatic hydroxyl groups is 1. The Bertz CT molecular complexity index is 1030. The fourth-order valence-corrected chi connectivity index (χ4v) is 7.29. The molecule has 5 aliphatic heterocycles. The average Bonchev–Trinajstić information content (AvgIpc) is 3.18. The van der Waals surface area contributed by atoms with Crippen LogP contribution in [0.5, 0.6) is 0 Å². The summed E-state index contributed by atoms with van der Waals surface area (Å²) in [6.07, 6.45) is 8.48. The van der Waals surface area contributed by atoms with E-state index in [0.717, 1.165) is 19.5 Å². The van der Waals surface area contributed by atoms with Crippen LogP contribution in [0.2, 0.25) is 0 Å². The fourth-order valence-electron chi connectivity index (χ4n) is 7.29. The number of morpholine rings is 1. The number of hydrogen-bond acceptors (Lipinski definition) is 7. The van der Waals surface area contributed by atoms with E-state index in [9.17, 15) is 19.5 Å². The van der Waals surface area contributed by atoms with E-state index in [0.29, 0.717) is 45.9 Å². The first-order valence-electron chi connectivity index (χ1n) is 14.5. The lowest BCUT2D eigenvalue weighted by Crippen LogP contribution is -2.60. The Morgan fingerprint density at radius 1 is 0.949 bits per heavy atom. The van der Waals surface area contributed by atoms with Crippen molar-refractivity contribution in [1.82, 2.24) is 19.6 Å². The molecule has 10 nitrogen and oxygen atoms in total. The van der Waals surface area contributed by atoms with Crippen LogP contribution in [0.25, 0.3) is 0 Å². The number of nitrogens with zero attached hydrogens (tertiary/aromatic N) is 4. The lowest BCUT2D eigenvalue weighted by Gasteiger charge is -2.41. The lowest BCUT2D eigenvalue weighted by atomic mass is 9.74. The number of aliphatic hydroxyl groups excluding tert-OH is 1. The Balaban J connectivity index is 1.55. The highest BCUT2D eigenvalue weighted by Gasteiger charge is 2.75. The number of hydrogen-bond donors (Lipinski definition) is 1. The minimum absolute atomic E-state index is 0.0932. The molecular formula is C29H44N4O6. The minimum Gasteiger partial charge on any atom is -0.394 e. The lowest BCUT2D eigenvalue weighted by molar-refractivity contribution is -0.157. The smallest absolute Gasteiger partial charge is 0.249 e. The fraction of sp³-hybridized carbons (Fsp3) is 0.759. The molecule has 1 unspecified atom stereocenters. The van der Waals surface area contributed by atoms with Gasteiger partial charge in [0.05, 0.1) is 43.3 Å². The molecule has 3 amide bonds. The van der Waals surface area contributed by atoms with Gasteiger partial charge in [-0.05, 0) is 19.3 Å². The number of carbonyl (C=O) groups is 3. The second kappa shape index (κ2) is 11.0. The molecule has 0 aromatic rings. The van der Waals surface area contributed by atoms with E-state index in [4.69, 9.17) is 9.47 Å². The van der Waals surface area contributed by atoms with Gasteiger partial charge in [0.15, 0.2) is 0 Å². The zero-order valence-electron chi connectivity index (χ0n) is 23.8. The van der Waals surface area contributed by atoms with Crippen LogP contribution >= 0.6 is 0 Å². The molecule has 5 aliphatic rings. The largest absolute Gasteiger partial charge is 0.394 e. The monoisotopic (exact) mass is 544 g/mol. The molecular weight excluding hydrogens is 500 g/mol. The van der Waals surface area contributed by atoms with Gasteiger partial charge in [-0.3, -0.25) is 19.3 Å². The van der Waals surface area contributed by atoms with Crippen LogP contribution in [0.15, 0.2) is 24.3 Å². The summed E-state index contributed by atoms with van der Waals surface area (Å²) in [5.74, 6) is -2.29. The molecule has 0 aliphatic carbocycles. The third kappa shape index (κ3) is 4.63. The molecule has 0 aromatic heterocycles. The molecule has 0 saturated carbocycles. The normalized spacial score (nSPS) is 35.8. The maximum Gasteiger partial charge on any atom is 0.249 e. The quantitative estimate of drug-likeness (QED) is 0.445. The first kappa shape index (κ1) is 28.3. The van der Waals surface area contributed by atoms with E-state index >= 15 is 0 Å². The van der Waals surface area contributed by atoms with E-state index in [1.165, 1.54) is 0 Å². The SMILES string of the molecule is CCCN1CC=C[C@]2(C)O[C@]34C=CCN(CCN5CCOCC5)C(=O)C3N([C@@H](CO)C(C)C)C(=O)[C@@H]4[C@@H]2C1=O. The molecule has 5 heterocycles. The van der Waals surface area contributed by atoms with E-state index in [-0.39, 0.29) is 30.2 Å². The summed E-state index contributed by atoms with van der Waals surface area (Å²) in [5, 5.41) is 10.4. The predicted octanol–water partition coefficient (Wildman–Crippen LogP) is 0.513. The molecule has 3 saturated heterocycles. The van der Waals surface area contributed by atoms with Crippen molar-refractivity contribution in [3.63, 3.8) is 0 Å². The summed E-state index contributed by atoms with van der Waals surface area (Å²) in [5.41, 5.74) is -2.32. The van der Waals surface area contributed by atoms with Crippen molar-refractivity contribution in [1.29, 1.82) is 0 Å². The van der Waals surface area contributed by atoms with Gasteiger partial charge in [0.2, 0.25) is 17.7 Å². The van der Waals surface area contributed by atoms with Crippen LogP contribution in [-0.2, 0) is 23.9 Å². The van der Waals surface area contributed by atoms with Crippen molar-refractivity contribution in [2.45, 2.75) is 57.4 Å². The molecule has 0 aromatic carbocycles. The number of carbonyl (C=O) groups excluding carboxylic acids is 3. The van der Waals surface area contributed by atoms with Gasteiger partial charge in [-0.25, -0.2) is 0 Å². The first-order valence-corrected chi connectivity index (χ1v) is 14.5. The third-order valence-electron chi connectivity index (χ3n) is 9.26. The minimum atomic E-state index is -1.29. The highest BCUT2D eigenvalue weighted by atomic mass is 16.5. The highest BCUT2D eigenvalue weighted by molar-refractivity contribution is 6.00. The van der Waals surface area contributed by atoms with Crippen LogP contribution in [-0.4, -0.2) is 131 Å². The molecule has 10 heteroatoms. The number of rotatable bonds is 8. The summed E-state index contributed by atoms with van der Waals surface area (Å²) in [7, 11) is 0. The van der Waals surface area contributed by atoms with Gasteiger partial charge >= 0.3 is 0 Å². The van der Waals surface area contributed by atoms with Crippen LogP contribution < -0.4 is 0 Å². The van der Waals surface area contributed by atoms with Crippen molar-refractivity contribution >= 4 is 17.7 Å². The van der Waals surface area contributed by atoms with Gasteiger partial charge in [-0.1, -0.05) is 45.1 Å². The van der Waals surface area contributed by atoms with Crippen LogP contribution in [0, 0.1) is 17.8 Å². The zero-order valence-corrected chi connectivity index (χ0v) is 23.8. The molecule has 39 heavy (non-hydrogen) atoms. The summed E-state index contributed by atoms with van der Waals surface area (Å²) in [6.45, 7) is 13.2. The molecule has 3 fully saturated rings. The van der Waals surface area contributed by atoms with E-state index in [1.807, 2.05) is 52.0 Å². The molecule has 216 valence electrons. The molecule has 0 radical (unpaired) electrons. The standard InChI is InChI=1S/C29H44N4O6/c1-5-10-31-11-6-8-28(4)22(25(31)35)23-26(36)33(21(19-34)20(2)3)24-27(37)32(12-7-9-29(23,24)39-28)14-13-30-15-17-38-18-16-30/h6-9,20-24,34H,5,10-19H2,1-4H3/t21-,22+,23-,24?,28-,29-/m0/s1. The Morgan fingerprint density at radius 2 is 1.62 bits per heavy atom. The summed E-state index contributed by atoms with van der Waals surface area (Å²) in [4.78, 5) is 50.4. The van der Waals surface area contributed by atoms with Gasteiger partial charge in [0.25, 0.3) is 0 Å². The maximum atomic E-state index is 14.5. The number of ether oxygens (including phenoxy) is 2. The van der Waals surface area contributed by atoms with Crippen molar-refractivity contribution < 1.29 is 29.0 Å². The van der Waals surface area contributed by atoms with Gasteiger partial charge in [0.1, 0.15) is 11.6 Å². The average molecular weight is 545 g/mol. The Morgan fingerprint density at radius 3 is 2.26 bits per heavy atom. The van der Waals surface area contributed by atoms with Crippen molar-refractivity contribution in [3.05, 3.63) is 24.3 Å². The first-order chi connectivity index (χ1) is 18.7. The Kier molecular flexibility index (Phi) is 7.94. The molecule has 1 spiro atoms. The van der Waals surface area contributed by atoms with Crippen molar-refractivity contribution in [3.8, 4) is 0 Å². The summed E-state index contributed by atoms with van der Waals surface area (Å²) < 4.78 is 12.3. The molecule has 1 N–H and O–H groups in total. The third-order valence-corrected chi connectivity index (χ3v) is 9.26. The van der Waals surface area contributed by atoms with Gasteiger partial charge in [-0.15, -0.1) is 0 Å². The predicted molar refractivity (Wildman–Crippen MR) is 145 cm³/mol. The summed E-state index contributed by atoms with van der Waals surface area (Å²) >= 11 is 0. The van der Waals surface area contributed by atoms with E-state index in [1.54, 1.807) is 14.7 Å². The maximum absolute atomic E-state index is 14.5. The van der Waals surface area contributed by atoms with Crippen LogP contribution in [0.1, 0.15) is 34.1 Å². The summed E-state index contributed by atoms with van der Waals surface area (Å²) in [6, 6.07) is -1.53. The highest BCUT2D eigenvalue weighted by Crippen LogP contribution is 2.58. The topological polar surface area (TPSA) is 103 Å². The van der Waals surface area contributed by atoms with Gasteiger partial charge < -0.3 is 29.3 Å². The zero-order chi connectivity index (χ0) is 27.9. The molecule has 0 bridgehead atoms. The van der Waals surface area contributed by atoms with Crippen molar-refractivity contribution in [2.24, 2.45) is 17.8 Å². The van der Waals surface area contributed by atoms with Crippen molar-refractivity contribution in [2.75, 3.05) is 65.6 Å².